The van der Waals surface area contributed by atoms with Crippen LogP contribution < -0.4 is 10.6 Å². The average Bonchev–Trinajstić information content (AvgIpc) is 2.26. The van der Waals surface area contributed by atoms with Crippen molar-refractivity contribution in [1.82, 2.24) is 4.98 Å². The van der Waals surface area contributed by atoms with Crippen LogP contribution in [0.3, 0.4) is 0 Å². The third-order valence-corrected chi connectivity index (χ3v) is 4.44. The van der Waals surface area contributed by atoms with Gasteiger partial charge >= 0.3 is 6.18 Å². The van der Waals surface area contributed by atoms with Gasteiger partial charge in [-0.3, -0.25) is 0 Å². The highest BCUT2D eigenvalue weighted by Gasteiger charge is 2.32. The predicted molar refractivity (Wildman–Crippen MR) is 64.5 cm³/mol. The maximum atomic E-state index is 12.6. The van der Waals surface area contributed by atoms with Gasteiger partial charge in [-0.05, 0) is 12.1 Å². The van der Waals surface area contributed by atoms with Crippen molar-refractivity contribution in [3.05, 3.63) is 17.7 Å². The van der Waals surface area contributed by atoms with Crippen molar-refractivity contribution in [1.29, 1.82) is 0 Å². The second-order valence-corrected chi connectivity index (χ2v) is 6.58. The van der Waals surface area contributed by atoms with Crippen LogP contribution in [0.5, 0.6) is 0 Å². The van der Waals surface area contributed by atoms with Crippen LogP contribution in [-0.4, -0.2) is 38.0 Å². The third kappa shape index (κ3) is 3.28. The van der Waals surface area contributed by atoms with E-state index >= 15 is 0 Å². The summed E-state index contributed by atoms with van der Waals surface area (Å²) >= 11 is 0. The van der Waals surface area contributed by atoms with Crippen molar-refractivity contribution in [2.24, 2.45) is 0 Å². The van der Waals surface area contributed by atoms with E-state index in [1.807, 2.05) is 0 Å². The number of hydrogen-bond acceptors (Lipinski definition) is 5. The normalized spacial score (nSPS) is 19.4. The van der Waals surface area contributed by atoms with Crippen LogP contribution in [0, 0.1) is 0 Å². The van der Waals surface area contributed by atoms with Gasteiger partial charge in [0.2, 0.25) is 0 Å². The zero-order valence-corrected chi connectivity index (χ0v) is 10.6. The molecule has 1 aromatic heterocycles. The van der Waals surface area contributed by atoms with E-state index < -0.39 is 21.6 Å². The molecule has 19 heavy (non-hydrogen) atoms. The van der Waals surface area contributed by atoms with E-state index in [1.54, 1.807) is 0 Å². The molecule has 106 valence electrons. The molecule has 9 heteroatoms. The van der Waals surface area contributed by atoms with Crippen molar-refractivity contribution >= 4 is 21.5 Å². The Morgan fingerprint density at radius 1 is 1.21 bits per heavy atom. The highest BCUT2D eigenvalue weighted by Crippen LogP contribution is 2.32. The molecule has 1 aromatic rings. The van der Waals surface area contributed by atoms with Crippen molar-refractivity contribution < 1.29 is 21.6 Å². The van der Waals surface area contributed by atoms with Crippen molar-refractivity contribution in [3.63, 3.8) is 0 Å². The highest BCUT2D eigenvalue weighted by atomic mass is 32.2. The predicted octanol–water partition coefficient (Wildman–Crippen LogP) is 0.917. The fourth-order valence-corrected chi connectivity index (χ4v) is 3.01. The fourth-order valence-electron chi connectivity index (χ4n) is 1.80. The van der Waals surface area contributed by atoms with Gasteiger partial charge in [0.25, 0.3) is 0 Å². The van der Waals surface area contributed by atoms with Crippen LogP contribution in [0.25, 0.3) is 0 Å². The quantitative estimate of drug-likeness (QED) is 0.833. The minimum atomic E-state index is -4.51. The number of rotatable bonds is 1. The topological polar surface area (TPSA) is 76.3 Å². The largest absolute Gasteiger partial charge is 0.416 e. The summed E-state index contributed by atoms with van der Waals surface area (Å²) in [5, 5.41) is 0. The molecule has 2 heterocycles. The van der Waals surface area contributed by atoms with Crippen LogP contribution in [0.15, 0.2) is 12.1 Å². The van der Waals surface area contributed by atoms with E-state index in [-0.39, 0.29) is 36.2 Å². The average molecular weight is 295 g/mol. The highest BCUT2D eigenvalue weighted by molar-refractivity contribution is 7.91. The molecule has 0 spiro atoms. The molecule has 0 unspecified atom stereocenters. The van der Waals surface area contributed by atoms with Gasteiger partial charge in [-0.25, -0.2) is 13.4 Å². The number of hydrogen-bond donors (Lipinski definition) is 1. The van der Waals surface area contributed by atoms with Gasteiger partial charge in [-0.1, -0.05) is 0 Å². The lowest BCUT2D eigenvalue weighted by Crippen LogP contribution is -2.40. The number of nitrogens with zero attached hydrogens (tertiary/aromatic N) is 2. The van der Waals surface area contributed by atoms with Crippen molar-refractivity contribution in [2.45, 2.75) is 6.18 Å². The lowest BCUT2D eigenvalue weighted by atomic mass is 10.2. The molecule has 0 amide bonds. The Morgan fingerprint density at radius 2 is 1.79 bits per heavy atom. The second-order valence-electron chi connectivity index (χ2n) is 4.28. The van der Waals surface area contributed by atoms with Crippen LogP contribution in [0.2, 0.25) is 0 Å². The van der Waals surface area contributed by atoms with E-state index in [2.05, 4.69) is 4.98 Å². The Labute approximate surface area is 108 Å². The second kappa shape index (κ2) is 4.55. The molecular formula is C10H12F3N3O2S. The summed E-state index contributed by atoms with van der Waals surface area (Å²) in [5.74, 6) is -0.365. The molecule has 1 fully saturated rings. The maximum absolute atomic E-state index is 12.6. The number of aromatic nitrogens is 1. The number of pyridine rings is 1. The molecule has 1 saturated heterocycles. The van der Waals surface area contributed by atoms with Crippen molar-refractivity contribution in [3.8, 4) is 0 Å². The van der Waals surface area contributed by atoms with E-state index in [4.69, 9.17) is 5.73 Å². The van der Waals surface area contributed by atoms with Gasteiger partial charge < -0.3 is 10.6 Å². The SMILES string of the molecule is Nc1cc(C(F)(F)F)cc(N2CCS(=O)(=O)CC2)n1. The first kappa shape index (κ1) is 13.9. The van der Waals surface area contributed by atoms with Crippen LogP contribution in [0.1, 0.15) is 5.56 Å². The molecule has 1 aliphatic heterocycles. The van der Waals surface area contributed by atoms with E-state index in [9.17, 15) is 21.6 Å². The Hall–Kier alpha value is -1.51. The zero-order chi connectivity index (χ0) is 14.3. The molecule has 0 aliphatic carbocycles. The van der Waals surface area contributed by atoms with E-state index in [0.717, 1.165) is 12.1 Å². The summed E-state index contributed by atoms with van der Waals surface area (Å²) in [6.45, 7) is 0.242. The lowest BCUT2D eigenvalue weighted by molar-refractivity contribution is -0.137. The summed E-state index contributed by atoms with van der Waals surface area (Å²) in [7, 11) is -3.10. The minimum Gasteiger partial charge on any atom is -0.384 e. The summed E-state index contributed by atoms with van der Waals surface area (Å²) in [6.07, 6.45) is -4.51. The summed E-state index contributed by atoms with van der Waals surface area (Å²) in [5.41, 5.74) is 4.47. The molecule has 5 nitrogen and oxygen atoms in total. The fraction of sp³-hybridized carbons (Fsp3) is 0.500. The maximum Gasteiger partial charge on any atom is 0.416 e. The molecule has 1 aliphatic rings. The van der Waals surface area contributed by atoms with E-state index in [1.165, 1.54) is 4.90 Å². The van der Waals surface area contributed by atoms with Crippen LogP contribution in [0.4, 0.5) is 24.8 Å². The monoisotopic (exact) mass is 295 g/mol. The number of sulfone groups is 1. The molecule has 2 N–H and O–H groups in total. The summed E-state index contributed by atoms with van der Waals surface area (Å²) in [4.78, 5) is 5.32. The third-order valence-electron chi connectivity index (χ3n) is 2.83. The molecule has 2 rings (SSSR count). The van der Waals surface area contributed by atoms with Crippen LogP contribution >= 0.6 is 0 Å². The Morgan fingerprint density at radius 3 is 2.32 bits per heavy atom. The van der Waals surface area contributed by atoms with Crippen LogP contribution in [-0.2, 0) is 16.0 Å². The smallest absolute Gasteiger partial charge is 0.384 e. The van der Waals surface area contributed by atoms with Gasteiger partial charge in [0.1, 0.15) is 11.6 Å². The minimum absolute atomic E-state index is 0.0576. The molecule has 0 atom stereocenters. The lowest BCUT2D eigenvalue weighted by Gasteiger charge is -2.28. The number of nitrogens with two attached hydrogens (primary N) is 1. The molecule has 0 radical (unpaired) electrons. The summed E-state index contributed by atoms with van der Waals surface area (Å²) in [6, 6.07) is 1.64. The number of nitrogen functional groups attached to an aromatic ring is 1. The van der Waals surface area contributed by atoms with Gasteiger partial charge in [0, 0.05) is 13.1 Å². The van der Waals surface area contributed by atoms with Gasteiger partial charge in [0.15, 0.2) is 9.84 Å². The molecule has 0 aromatic carbocycles. The summed E-state index contributed by atoms with van der Waals surface area (Å²) < 4.78 is 60.5. The number of halogens is 3. The molecular weight excluding hydrogens is 283 g/mol. The number of anilines is 2. The Bertz CT molecular complexity index is 572. The number of alkyl halides is 3. The van der Waals surface area contributed by atoms with Gasteiger partial charge in [-0.2, -0.15) is 13.2 Å². The Balaban J connectivity index is 2.29. The first-order valence-corrected chi connectivity index (χ1v) is 7.30. The van der Waals surface area contributed by atoms with E-state index in [0.29, 0.717) is 0 Å². The first-order valence-electron chi connectivity index (χ1n) is 5.47. The van der Waals surface area contributed by atoms with Crippen molar-refractivity contribution in [2.75, 3.05) is 35.2 Å². The molecule has 0 saturated carbocycles. The first-order chi connectivity index (χ1) is 8.67. The van der Waals surface area contributed by atoms with Gasteiger partial charge in [-0.15, -0.1) is 0 Å². The standard InChI is InChI=1S/C10H12F3N3O2S/c11-10(12,13)7-5-8(14)15-9(6-7)16-1-3-19(17,18)4-2-16/h5-6H,1-4H2,(H2,14,15). The zero-order valence-electron chi connectivity index (χ0n) is 9.81. The Kier molecular flexibility index (Phi) is 3.33. The van der Waals surface area contributed by atoms with Gasteiger partial charge in [0.05, 0.1) is 17.1 Å². The molecule has 0 bridgehead atoms.